The van der Waals surface area contributed by atoms with Crippen LogP contribution in [0.4, 0.5) is 0 Å². The summed E-state index contributed by atoms with van der Waals surface area (Å²) in [4.78, 5) is 0. The van der Waals surface area contributed by atoms with Crippen LogP contribution in [0.1, 0.15) is 35.6 Å². The van der Waals surface area contributed by atoms with Crippen LogP contribution in [-0.4, -0.2) is 11.7 Å². The number of rotatable bonds is 6. The van der Waals surface area contributed by atoms with Crippen LogP contribution in [0.5, 0.6) is 0 Å². The predicted octanol–water partition coefficient (Wildman–Crippen LogP) is 4.36. The zero-order chi connectivity index (χ0) is 15.1. The van der Waals surface area contributed by atoms with Crippen LogP contribution in [0.15, 0.2) is 66.9 Å². The lowest BCUT2D eigenvalue weighted by Crippen LogP contribution is -2.09. The molecule has 0 aromatic heterocycles. The smallest absolute Gasteiger partial charge is 0.0894 e. The molecule has 110 valence electrons. The van der Waals surface area contributed by atoms with Crippen LogP contribution < -0.4 is 0 Å². The number of aliphatic hydroxyl groups is 1. The third kappa shape index (κ3) is 4.20. The third-order valence-electron chi connectivity index (χ3n) is 3.49. The molecular weight excluding hydrogens is 260 g/mol. The monoisotopic (exact) mass is 282 g/mol. The van der Waals surface area contributed by atoms with Crippen molar-refractivity contribution in [1.82, 2.24) is 0 Å². The molecule has 0 saturated heterocycles. The van der Waals surface area contributed by atoms with Crippen molar-refractivity contribution in [2.24, 2.45) is 0 Å². The second kappa shape index (κ2) is 7.65. The molecule has 2 nitrogen and oxygen atoms in total. The molecular formula is C19H22O2. The Kier molecular flexibility index (Phi) is 5.59. The number of ether oxygens (including phenoxy) is 1. The number of benzene rings is 2. The van der Waals surface area contributed by atoms with Crippen molar-refractivity contribution in [2.45, 2.75) is 25.9 Å². The van der Waals surface area contributed by atoms with E-state index in [9.17, 15) is 5.11 Å². The Hall–Kier alpha value is -2.06. The summed E-state index contributed by atoms with van der Waals surface area (Å²) in [6, 6.07) is 18.0. The van der Waals surface area contributed by atoms with Crippen LogP contribution in [0.3, 0.4) is 0 Å². The number of aliphatic hydroxyl groups excluding tert-OH is 1. The first kappa shape index (κ1) is 15.3. The van der Waals surface area contributed by atoms with Gasteiger partial charge < -0.3 is 9.84 Å². The van der Waals surface area contributed by atoms with Gasteiger partial charge in [-0.3, -0.25) is 0 Å². The molecule has 0 saturated carbocycles. The minimum atomic E-state index is -0.593. The van der Waals surface area contributed by atoms with Crippen LogP contribution in [-0.2, 0) is 4.74 Å². The summed E-state index contributed by atoms with van der Waals surface area (Å²) >= 11 is 0. The van der Waals surface area contributed by atoms with E-state index in [1.165, 1.54) is 5.56 Å². The lowest BCUT2D eigenvalue weighted by Gasteiger charge is -2.21. The topological polar surface area (TPSA) is 29.5 Å². The van der Waals surface area contributed by atoms with Crippen molar-refractivity contribution in [3.8, 4) is 0 Å². The van der Waals surface area contributed by atoms with Gasteiger partial charge in [0.15, 0.2) is 0 Å². The fourth-order valence-electron chi connectivity index (χ4n) is 2.28. The first-order valence-corrected chi connectivity index (χ1v) is 7.30. The minimum absolute atomic E-state index is 0.125. The molecule has 2 unspecified atom stereocenters. The first-order chi connectivity index (χ1) is 10.2. The van der Waals surface area contributed by atoms with Gasteiger partial charge >= 0.3 is 0 Å². The summed E-state index contributed by atoms with van der Waals surface area (Å²) in [5.74, 6) is -0.125. The number of hydrogen-bond acceptors (Lipinski definition) is 2. The molecule has 0 aliphatic heterocycles. The van der Waals surface area contributed by atoms with E-state index in [1.807, 2.05) is 74.5 Å². The Morgan fingerprint density at radius 1 is 1.00 bits per heavy atom. The first-order valence-electron chi connectivity index (χ1n) is 7.30. The van der Waals surface area contributed by atoms with Crippen LogP contribution >= 0.6 is 0 Å². The van der Waals surface area contributed by atoms with E-state index in [1.54, 1.807) is 6.26 Å². The highest BCUT2D eigenvalue weighted by Crippen LogP contribution is 2.32. The summed E-state index contributed by atoms with van der Waals surface area (Å²) in [6.45, 7) is 4.61. The van der Waals surface area contributed by atoms with Crippen molar-refractivity contribution in [2.75, 3.05) is 6.61 Å². The molecule has 0 radical (unpaired) electrons. The van der Waals surface area contributed by atoms with Gasteiger partial charge in [-0.1, -0.05) is 60.2 Å². The zero-order valence-electron chi connectivity index (χ0n) is 12.6. The molecule has 2 aromatic rings. The van der Waals surface area contributed by atoms with Gasteiger partial charge in [0.25, 0.3) is 0 Å². The summed E-state index contributed by atoms with van der Waals surface area (Å²) in [6.07, 6.45) is 3.00. The highest BCUT2D eigenvalue weighted by atomic mass is 16.5. The van der Waals surface area contributed by atoms with E-state index in [2.05, 4.69) is 0 Å². The van der Waals surface area contributed by atoms with Gasteiger partial charge in [-0.15, -0.1) is 0 Å². The fourth-order valence-corrected chi connectivity index (χ4v) is 2.28. The van der Waals surface area contributed by atoms with E-state index >= 15 is 0 Å². The molecule has 0 aliphatic rings. The minimum Gasteiger partial charge on any atom is -0.502 e. The largest absolute Gasteiger partial charge is 0.502 e. The normalized spacial score (nSPS) is 14.0. The predicted molar refractivity (Wildman–Crippen MR) is 86.1 cm³/mol. The quantitative estimate of drug-likeness (QED) is 0.798. The summed E-state index contributed by atoms with van der Waals surface area (Å²) in [5, 5.41) is 10.7. The second-order valence-electron chi connectivity index (χ2n) is 5.08. The summed E-state index contributed by atoms with van der Waals surface area (Å²) in [7, 11) is 0. The van der Waals surface area contributed by atoms with E-state index in [4.69, 9.17) is 4.74 Å². The maximum atomic E-state index is 10.7. The number of hydrogen-bond donors (Lipinski definition) is 1. The SMILES string of the molecule is CCO/C=C/C(c1ccccc1)C(O)c1ccc(C)cc1. The van der Waals surface area contributed by atoms with Crippen molar-refractivity contribution in [3.05, 3.63) is 83.6 Å². The van der Waals surface area contributed by atoms with Crippen LogP contribution in [0.2, 0.25) is 0 Å². The van der Waals surface area contributed by atoms with Crippen molar-refractivity contribution < 1.29 is 9.84 Å². The van der Waals surface area contributed by atoms with Gasteiger partial charge in [0.2, 0.25) is 0 Å². The Bertz CT molecular complexity index is 558. The molecule has 0 spiro atoms. The van der Waals surface area contributed by atoms with Crippen LogP contribution in [0, 0.1) is 6.92 Å². The molecule has 0 heterocycles. The molecule has 2 rings (SSSR count). The van der Waals surface area contributed by atoms with E-state index in [0.717, 1.165) is 11.1 Å². The summed E-state index contributed by atoms with van der Waals surface area (Å²) in [5.41, 5.74) is 3.17. The van der Waals surface area contributed by atoms with E-state index in [-0.39, 0.29) is 5.92 Å². The lowest BCUT2D eigenvalue weighted by molar-refractivity contribution is 0.159. The molecule has 2 aromatic carbocycles. The van der Waals surface area contributed by atoms with Gasteiger partial charge in [0.05, 0.1) is 19.0 Å². The molecule has 1 N–H and O–H groups in total. The van der Waals surface area contributed by atoms with Gasteiger partial charge in [0, 0.05) is 5.92 Å². The van der Waals surface area contributed by atoms with Crippen molar-refractivity contribution >= 4 is 0 Å². The number of aryl methyl sites for hydroxylation is 1. The Morgan fingerprint density at radius 3 is 2.29 bits per heavy atom. The Labute approximate surface area is 126 Å². The maximum Gasteiger partial charge on any atom is 0.0894 e. The highest BCUT2D eigenvalue weighted by Gasteiger charge is 2.20. The molecule has 2 atom stereocenters. The molecule has 0 aliphatic carbocycles. The standard InChI is InChI=1S/C19H22O2/c1-3-21-14-13-18(16-7-5-4-6-8-16)19(20)17-11-9-15(2)10-12-17/h4-14,18-20H,3H2,1-2H3/b14-13+. The second-order valence-corrected chi connectivity index (χ2v) is 5.08. The lowest BCUT2D eigenvalue weighted by atomic mass is 9.89. The van der Waals surface area contributed by atoms with E-state index in [0.29, 0.717) is 6.61 Å². The third-order valence-corrected chi connectivity index (χ3v) is 3.49. The molecule has 0 fully saturated rings. The van der Waals surface area contributed by atoms with Gasteiger partial charge in [0.1, 0.15) is 0 Å². The zero-order valence-corrected chi connectivity index (χ0v) is 12.6. The molecule has 21 heavy (non-hydrogen) atoms. The van der Waals surface area contributed by atoms with Crippen molar-refractivity contribution in [1.29, 1.82) is 0 Å². The fraction of sp³-hybridized carbons (Fsp3) is 0.263. The Balaban J connectivity index is 2.28. The van der Waals surface area contributed by atoms with Crippen LogP contribution in [0.25, 0.3) is 0 Å². The molecule has 2 heteroatoms. The maximum absolute atomic E-state index is 10.7. The Morgan fingerprint density at radius 2 is 1.67 bits per heavy atom. The molecule has 0 bridgehead atoms. The van der Waals surface area contributed by atoms with Gasteiger partial charge in [-0.25, -0.2) is 0 Å². The van der Waals surface area contributed by atoms with Gasteiger partial charge in [-0.05, 0) is 31.1 Å². The molecule has 0 amide bonds. The average molecular weight is 282 g/mol. The highest BCUT2D eigenvalue weighted by molar-refractivity contribution is 5.31. The van der Waals surface area contributed by atoms with Gasteiger partial charge in [-0.2, -0.15) is 0 Å². The van der Waals surface area contributed by atoms with E-state index < -0.39 is 6.10 Å². The van der Waals surface area contributed by atoms with Crippen molar-refractivity contribution in [3.63, 3.8) is 0 Å². The summed E-state index contributed by atoms with van der Waals surface area (Å²) < 4.78 is 5.30. The average Bonchev–Trinajstić information content (AvgIpc) is 2.53.